The first-order chi connectivity index (χ1) is 14.4. The average Bonchev–Trinajstić information content (AvgIpc) is 2.75. The lowest BCUT2D eigenvalue weighted by Gasteiger charge is -2.31. The minimum atomic E-state index is -3.65. The Labute approximate surface area is 174 Å². The molecular weight excluding hydrogens is 404 g/mol. The van der Waals surface area contributed by atoms with Crippen LogP contribution >= 0.6 is 0 Å². The van der Waals surface area contributed by atoms with Crippen molar-refractivity contribution in [3.8, 4) is 17.0 Å². The van der Waals surface area contributed by atoms with E-state index in [2.05, 4.69) is 15.0 Å². The van der Waals surface area contributed by atoms with Crippen molar-refractivity contribution < 1.29 is 13.2 Å². The summed E-state index contributed by atoms with van der Waals surface area (Å²) in [5.74, 6) is 0.820. The van der Waals surface area contributed by atoms with Gasteiger partial charge in [-0.05, 0) is 36.6 Å². The van der Waals surface area contributed by atoms with Crippen molar-refractivity contribution in [2.75, 3.05) is 24.6 Å². The van der Waals surface area contributed by atoms with Gasteiger partial charge in [-0.25, -0.2) is 18.4 Å². The summed E-state index contributed by atoms with van der Waals surface area (Å²) < 4.78 is 33.6. The van der Waals surface area contributed by atoms with Crippen LogP contribution in [0.4, 0.5) is 11.8 Å². The first-order valence-corrected chi connectivity index (χ1v) is 10.9. The minimum Gasteiger partial charge on any atom is -0.473 e. The third-order valence-corrected chi connectivity index (χ3v) is 6.79. The second kappa shape index (κ2) is 8.25. The highest BCUT2D eigenvalue weighted by molar-refractivity contribution is 7.89. The van der Waals surface area contributed by atoms with Gasteiger partial charge in [0, 0.05) is 30.6 Å². The van der Waals surface area contributed by atoms with E-state index < -0.39 is 10.0 Å². The number of sulfonamides is 1. The van der Waals surface area contributed by atoms with Crippen LogP contribution in [-0.4, -0.2) is 46.9 Å². The number of hydrogen-bond acceptors (Lipinski definition) is 8. The Hall–Kier alpha value is -3.24. The molecule has 4 rings (SSSR count). The van der Waals surface area contributed by atoms with Gasteiger partial charge in [0.15, 0.2) is 0 Å². The predicted octanol–water partition coefficient (Wildman–Crippen LogP) is 1.94. The maximum absolute atomic E-state index is 13.1. The van der Waals surface area contributed by atoms with Crippen molar-refractivity contribution in [2.24, 2.45) is 0 Å². The number of nitrogens with two attached hydrogens (primary N) is 2. The van der Waals surface area contributed by atoms with Gasteiger partial charge >= 0.3 is 0 Å². The number of anilines is 2. The molecule has 0 bridgehead atoms. The highest BCUT2D eigenvalue weighted by Gasteiger charge is 2.31. The summed E-state index contributed by atoms with van der Waals surface area (Å²) in [6, 6.07) is 11.9. The van der Waals surface area contributed by atoms with Crippen LogP contribution in [-0.2, 0) is 10.0 Å². The van der Waals surface area contributed by atoms with Crippen LogP contribution < -0.4 is 16.2 Å². The highest BCUT2D eigenvalue weighted by Crippen LogP contribution is 2.27. The summed E-state index contributed by atoms with van der Waals surface area (Å²) in [5, 5.41) is 0. The quantitative estimate of drug-likeness (QED) is 0.631. The summed E-state index contributed by atoms with van der Waals surface area (Å²) >= 11 is 0. The number of nitrogens with zero attached hydrogens (tertiary/aromatic N) is 4. The molecule has 1 aliphatic rings. The molecule has 156 valence electrons. The number of rotatable bonds is 5. The van der Waals surface area contributed by atoms with Crippen LogP contribution in [0.3, 0.4) is 0 Å². The molecule has 0 aliphatic carbocycles. The van der Waals surface area contributed by atoms with Gasteiger partial charge in [-0.1, -0.05) is 18.2 Å². The normalized spacial score (nSPS) is 17.5. The van der Waals surface area contributed by atoms with E-state index in [0.29, 0.717) is 30.0 Å². The molecule has 1 aromatic carbocycles. The summed E-state index contributed by atoms with van der Waals surface area (Å²) in [5.41, 5.74) is 12.7. The molecule has 30 heavy (non-hydrogen) atoms. The molecule has 3 heterocycles. The second-order valence-corrected chi connectivity index (χ2v) is 8.90. The molecule has 0 saturated carbocycles. The minimum absolute atomic E-state index is 0.0861. The number of pyridine rings is 1. The lowest BCUT2D eigenvalue weighted by Crippen LogP contribution is -2.44. The predicted molar refractivity (Wildman–Crippen MR) is 113 cm³/mol. The van der Waals surface area contributed by atoms with E-state index in [1.807, 2.05) is 6.07 Å². The van der Waals surface area contributed by atoms with E-state index in [0.717, 1.165) is 6.42 Å². The fourth-order valence-corrected chi connectivity index (χ4v) is 4.90. The fraction of sp³-hybridized carbons (Fsp3) is 0.250. The Balaban J connectivity index is 1.51. The standard InChI is InChI=1S/C20H22N6O3S/c21-19-17(12-24-20(22)25-19)14-6-8-16(9-7-14)30(27,28)26-11-3-4-15(13-26)29-18-5-1-2-10-23-18/h1-2,5-10,12,15H,3-4,11,13H2,(H4,21,22,24,25). The van der Waals surface area contributed by atoms with Crippen molar-refractivity contribution in [1.29, 1.82) is 0 Å². The maximum atomic E-state index is 13.1. The molecule has 10 heteroatoms. The van der Waals surface area contributed by atoms with Crippen LogP contribution in [0.2, 0.25) is 0 Å². The topological polar surface area (TPSA) is 137 Å². The molecule has 1 atom stereocenters. The van der Waals surface area contributed by atoms with Gasteiger partial charge in [-0.15, -0.1) is 0 Å². The summed E-state index contributed by atoms with van der Waals surface area (Å²) in [7, 11) is -3.65. The molecule has 0 amide bonds. The Morgan fingerprint density at radius 2 is 1.87 bits per heavy atom. The smallest absolute Gasteiger partial charge is 0.243 e. The monoisotopic (exact) mass is 426 g/mol. The number of nitrogen functional groups attached to an aromatic ring is 2. The number of ether oxygens (including phenoxy) is 1. The Morgan fingerprint density at radius 3 is 2.57 bits per heavy atom. The first kappa shape index (κ1) is 20.0. The van der Waals surface area contributed by atoms with Gasteiger partial charge in [-0.3, -0.25) is 0 Å². The van der Waals surface area contributed by atoms with Crippen LogP contribution in [0.5, 0.6) is 5.88 Å². The Kier molecular flexibility index (Phi) is 5.51. The third-order valence-electron chi connectivity index (χ3n) is 4.91. The average molecular weight is 427 g/mol. The maximum Gasteiger partial charge on any atom is 0.243 e. The van der Waals surface area contributed by atoms with E-state index >= 15 is 0 Å². The summed E-state index contributed by atoms with van der Waals surface area (Å²) in [4.78, 5) is 12.2. The SMILES string of the molecule is Nc1ncc(-c2ccc(S(=O)(=O)N3CCCC(Oc4ccccn4)C3)cc2)c(N)n1. The van der Waals surface area contributed by atoms with Crippen LogP contribution in [0.1, 0.15) is 12.8 Å². The number of aromatic nitrogens is 3. The van der Waals surface area contributed by atoms with Crippen LogP contribution in [0.15, 0.2) is 59.8 Å². The molecule has 2 aromatic heterocycles. The van der Waals surface area contributed by atoms with Gasteiger partial charge in [0.1, 0.15) is 11.9 Å². The van der Waals surface area contributed by atoms with Gasteiger partial charge in [0.2, 0.25) is 21.9 Å². The largest absolute Gasteiger partial charge is 0.473 e. The number of piperidine rings is 1. The van der Waals surface area contributed by atoms with Crippen molar-refractivity contribution >= 4 is 21.8 Å². The zero-order chi connectivity index (χ0) is 21.1. The van der Waals surface area contributed by atoms with Crippen molar-refractivity contribution in [2.45, 2.75) is 23.8 Å². The molecule has 1 unspecified atom stereocenters. The van der Waals surface area contributed by atoms with Crippen LogP contribution in [0.25, 0.3) is 11.1 Å². The van der Waals surface area contributed by atoms with Gasteiger partial charge in [0.25, 0.3) is 0 Å². The zero-order valence-corrected chi connectivity index (χ0v) is 17.0. The van der Waals surface area contributed by atoms with E-state index in [1.165, 1.54) is 10.5 Å². The second-order valence-electron chi connectivity index (χ2n) is 6.96. The Morgan fingerprint density at radius 1 is 1.07 bits per heavy atom. The molecule has 3 aromatic rings. The lowest BCUT2D eigenvalue weighted by atomic mass is 10.1. The summed E-state index contributed by atoms with van der Waals surface area (Å²) in [6.45, 7) is 0.727. The highest BCUT2D eigenvalue weighted by atomic mass is 32.2. The molecule has 1 fully saturated rings. The molecular formula is C20H22N6O3S. The van der Waals surface area contributed by atoms with Gasteiger partial charge in [-0.2, -0.15) is 9.29 Å². The lowest BCUT2D eigenvalue weighted by molar-refractivity contribution is 0.124. The van der Waals surface area contributed by atoms with Gasteiger partial charge < -0.3 is 16.2 Å². The van der Waals surface area contributed by atoms with Crippen LogP contribution in [0, 0.1) is 0 Å². The fourth-order valence-electron chi connectivity index (χ4n) is 3.39. The van der Waals surface area contributed by atoms with E-state index in [9.17, 15) is 8.42 Å². The van der Waals surface area contributed by atoms with E-state index in [1.54, 1.807) is 42.6 Å². The van der Waals surface area contributed by atoms with E-state index in [4.69, 9.17) is 16.2 Å². The van der Waals surface area contributed by atoms with Crippen molar-refractivity contribution in [3.05, 3.63) is 54.9 Å². The summed E-state index contributed by atoms with van der Waals surface area (Å²) in [6.07, 6.45) is 4.42. The molecule has 1 aliphatic heterocycles. The van der Waals surface area contributed by atoms with Crippen molar-refractivity contribution in [3.63, 3.8) is 0 Å². The molecule has 4 N–H and O–H groups in total. The molecule has 0 spiro atoms. The number of hydrogen-bond donors (Lipinski definition) is 2. The first-order valence-electron chi connectivity index (χ1n) is 9.50. The molecule has 1 saturated heterocycles. The molecule has 0 radical (unpaired) electrons. The van der Waals surface area contributed by atoms with E-state index in [-0.39, 0.29) is 29.3 Å². The third kappa shape index (κ3) is 4.19. The van der Waals surface area contributed by atoms with Gasteiger partial charge in [0.05, 0.1) is 11.4 Å². The molecule has 9 nitrogen and oxygen atoms in total. The Bertz CT molecular complexity index is 1120. The van der Waals surface area contributed by atoms with Crippen molar-refractivity contribution in [1.82, 2.24) is 19.3 Å². The zero-order valence-electron chi connectivity index (χ0n) is 16.2. The number of benzene rings is 1.